The number of hydrogen-bond donors (Lipinski definition) is 3. The average molecular weight is 195 g/mol. The van der Waals surface area contributed by atoms with E-state index < -0.39 is 5.97 Å². The molecule has 1 aromatic carbocycles. The SMILES string of the molecule is O=CNc1cc(CO)cc(C(=O)O)c1. The molecule has 0 aliphatic rings. The highest BCUT2D eigenvalue weighted by molar-refractivity contribution is 5.90. The van der Waals surface area contributed by atoms with E-state index in [0.717, 1.165) is 0 Å². The molecule has 0 radical (unpaired) electrons. The summed E-state index contributed by atoms with van der Waals surface area (Å²) >= 11 is 0. The number of carbonyl (C=O) groups excluding carboxylic acids is 1. The van der Waals surface area contributed by atoms with Crippen LogP contribution in [0, 0.1) is 0 Å². The monoisotopic (exact) mass is 195 g/mol. The molecule has 0 spiro atoms. The van der Waals surface area contributed by atoms with E-state index >= 15 is 0 Å². The van der Waals surface area contributed by atoms with Gasteiger partial charge in [-0.1, -0.05) is 0 Å². The van der Waals surface area contributed by atoms with Gasteiger partial charge in [-0.15, -0.1) is 0 Å². The summed E-state index contributed by atoms with van der Waals surface area (Å²) in [4.78, 5) is 20.8. The Bertz CT molecular complexity index is 362. The van der Waals surface area contributed by atoms with Crippen LogP contribution in [-0.4, -0.2) is 22.6 Å². The fourth-order valence-corrected chi connectivity index (χ4v) is 1.06. The summed E-state index contributed by atoms with van der Waals surface area (Å²) < 4.78 is 0. The van der Waals surface area contributed by atoms with Crippen LogP contribution in [0.25, 0.3) is 0 Å². The first-order valence-electron chi connectivity index (χ1n) is 3.85. The van der Waals surface area contributed by atoms with Gasteiger partial charge in [0.15, 0.2) is 0 Å². The molecule has 1 amide bonds. The van der Waals surface area contributed by atoms with E-state index in [1.807, 2.05) is 0 Å². The van der Waals surface area contributed by atoms with E-state index in [-0.39, 0.29) is 12.2 Å². The van der Waals surface area contributed by atoms with E-state index in [1.165, 1.54) is 18.2 Å². The van der Waals surface area contributed by atoms with Crippen molar-refractivity contribution in [3.63, 3.8) is 0 Å². The predicted octanol–water partition coefficient (Wildman–Crippen LogP) is 0.445. The smallest absolute Gasteiger partial charge is 0.335 e. The second-order valence-corrected chi connectivity index (χ2v) is 2.64. The maximum atomic E-state index is 10.6. The number of anilines is 1. The number of rotatable bonds is 4. The topological polar surface area (TPSA) is 86.6 Å². The van der Waals surface area contributed by atoms with Crippen molar-refractivity contribution in [3.8, 4) is 0 Å². The van der Waals surface area contributed by atoms with Crippen molar-refractivity contribution < 1.29 is 19.8 Å². The predicted molar refractivity (Wildman–Crippen MR) is 49.0 cm³/mol. The van der Waals surface area contributed by atoms with Gasteiger partial charge in [0.05, 0.1) is 12.2 Å². The highest BCUT2D eigenvalue weighted by atomic mass is 16.4. The number of carboxylic acids is 1. The lowest BCUT2D eigenvalue weighted by atomic mass is 10.1. The normalized spacial score (nSPS) is 9.50. The Kier molecular flexibility index (Phi) is 3.19. The molecule has 0 bridgehead atoms. The molecule has 74 valence electrons. The minimum atomic E-state index is -1.10. The molecular weight excluding hydrogens is 186 g/mol. The summed E-state index contributed by atoms with van der Waals surface area (Å²) in [6, 6.07) is 4.16. The minimum Gasteiger partial charge on any atom is -0.478 e. The Balaban J connectivity index is 3.12. The van der Waals surface area contributed by atoms with Gasteiger partial charge in [-0.25, -0.2) is 4.79 Å². The molecule has 0 atom stereocenters. The van der Waals surface area contributed by atoms with Gasteiger partial charge in [-0.05, 0) is 23.8 Å². The van der Waals surface area contributed by atoms with Crippen LogP contribution in [0.1, 0.15) is 15.9 Å². The lowest BCUT2D eigenvalue weighted by Crippen LogP contribution is -2.01. The van der Waals surface area contributed by atoms with E-state index in [0.29, 0.717) is 17.7 Å². The highest BCUT2D eigenvalue weighted by Gasteiger charge is 2.06. The molecule has 0 saturated heterocycles. The third kappa shape index (κ3) is 2.30. The zero-order valence-corrected chi connectivity index (χ0v) is 7.23. The van der Waals surface area contributed by atoms with Crippen molar-refractivity contribution in [2.75, 3.05) is 5.32 Å². The zero-order valence-electron chi connectivity index (χ0n) is 7.23. The van der Waals surface area contributed by atoms with Gasteiger partial charge in [0.2, 0.25) is 6.41 Å². The van der Waals surface area contributed by atoms with Crippen LogP contribution >= 0.6 is 0 Å². The van der Waals surface area contributed by atoms with Crippen molar-refractivity contribution in [1.82, 2.24) is 0 Å². The van der Waals surface area contributed by atoms with Gasteiger partial charge in [-0.2, -0.15) is 0 Å². The Morgan fingerprint density at radius 2 is 2.14 bits per heavy atom. The Morgan fingerprint density at radius 3 is 2.64 bits per heavy atom. The molecule has 0 unspecified atom stereocenters. The molecule has 0 aromatic heterocycles. The summed E-state index contributed by atoms with van der Waals surface area (Å²) in [5, 5.41) is 19.8. The van der Waals surface area contributed by atoms with Gasteiger partial charge >= 0.3 is 5.97 Å². The molecule has 0 saturated carbocycles. The van der Waals surface area contributed by atoms with Crippen molar-refractivity contribution in [3.05, 3.63) is 29.3 Å². The number of aliphatic hydroxyl groups excluding tert-OH is 1. The molecule has 14 heavy (non-hydrogen) atoms. The first kappa shape index (κ1) is 10.2. The van der Waals surface area contributed by atoms with E-state index in [9.17, 15) is 9.59 Å². The standard InChI is InChI=1S/C9H9NO4/c11-4-6-1-7(9(13)14)3-8(2-6)10-5-12/h1-3,5,11H,4H2,(H,10,12)(H,13,14). The summed E-state index contributed by atoms with van der Waals surface area (Å²) in [5.74, 6) is -1.10. The molecule has 5 heteroatoms. The minimum absolute atomic E-state index is 0.0286. The maximum Gasteiger partial charge on any atom is 0.335 e. The summed E-state index contributed by atoms with van der Waals surface area (Å²) in [6.07, 6.45) is 0.447. The number of benzene rings is 1. The third-order valence-electron chi connectivity index (χ3n) is 1.65. The van der Waals surface area contributed by atoms with Gasteiger partial charge in [0.25, 0.3) is 0 Å². The molecule has 0 fully saturated rings. The first-order valence-corrected chi connectivity index (χ1v) is 3.85. The molecule has 0 aliphatic carbocycles. The lowest BCUT2D eigenvalue weighted by Gasteiger charge is -2.04. The number of carbonyl (C=O) groups is 2. The van der Waals surface area contributed by atoms with Crippen LogP contribution < -0.4 is 5.32 Å². The van der Waals surface area contributed by atoms with Crippen LogP contribution in [0.3, 0.4) is 0 Å². The fraction of sp³-hybridized carbons (Fsp3) is 0.111. The number of carboxylic acid groups (broad SMARTS) is 1. The second kappa shape index (κ2) is 4.38. The summed E-state index contributed by atoms with van der Waals surface area (Å²) in [6.45, 7) is -0.269. The van der Waals surface area contributed by atoms with Crippen molar-refractivity contribution in [1.29, 1.82) is 0 Å². The number of nitrogens with one attached hydrogen (secondary N) is 1. The molecule has 1 aromatic rings. The van der Waals surface area contributed by atoms with Crippen molar-refractivity contribution in [2.24, 2.45) is 0 Å². The van der Waals surface area contributed by atoms with Gasteiger partial charge in [0, 0.05) is 5.69 Å². The average Bonchev–Trinajstić information content (AvgIpc) is 2.17. The second-order valence-electron chi connectivity index (χ2n) is 2.64. The van der Waals surface area contributed by atoms with Crippen molar-refractivity contribution in [2.45, 2.75) is 6.61 Å². The Hall–Kier alpha value is -1.88. The zero-order chi connectivity index (χ0) is 10.6. The first-order chi connectivity index (χ1) is 6.67. The van der Waals surface area contributed by atoms with Gasteiger partial charge in [-0.3, -0.25) is 4.79 Å². The molecule has 0 heterocycles. The molecular formula is C9H9NO4. The fourth-order valence-electron chi connectivity index (χ4n) is 1.06. The third-order valence-corrected chi connectivity index (χ3v) is 1.65. The summed E-state index contributed by atoms with van der Waals surface area (Å²) in [7, 11) is 0. The number of hydrogen-bond acceptors (Lipinski definition) is 3. The summed E-state index contributed by atoms with van der Waals surface area (Å²) in [5.41, 5.74) is 0.819. The van der Waals surface area contributed by atoms with Crippen LogP contribution in [-0.2, 0) is 11.4 Å². The highest BCUT2D eigenvalue weighted by Crippen LogP contribution is 2.14. The van der Waals surface area contributed by atoms with Crippen LogP contribution in [0.15, 0.2) is 18.2 Å². The number of amides is 1. The quantitative estimate of drug-likeness (QED) is 0.608. The number of aromatic carboxylic acids is 1. The molecule has 1 rings (SSSR count). The lowest BCUT2D eigenvalue weighted by molar-refractivity contribution is -0.105. The van der Waals surface area contributed by atoms with E-state index in [1.54, 1.807) is 0 Å². The van der Waals surface area contributed by atoms with E-state index in [4.69, 9.17) is 10.2 Å². The Morgan fingerprint density at radius 1 is 1.43 bits per heavy atom. The molecule has 0 aliphatic heterocycles. The maximum absolute atomic E-state index is 10.6. The van der Waals surface area contributed by atoms with Crippen LogP contribution in [0.5, 0.6) is 0 Å². The Labute approximate surface area is 80.0 Å². The van der Waals surface area contributed by atoms with Gasteiger partial charge in [0.1, 0.15) is 0 Å². The van der Waals surface area contributed by atoms with Crippen LogP contribution in [0.4, 0.5) is 5.69 Å². The largest absolute Gasteiger partial charge is 0.478 e. The number of aliphatic hydroxyl groups is 1. The molecule has 5 nitrogen and oxygen atoms in total. The van der Waals surface area contributed by atoms with Gasteiger partial charge < -0.3 is 15.5 Å². The van der Waals surface area contributed by atoms with Crippen molar-refractivity contribution >= 4 is 18.1 Å². The molecule has 3 N–H and O–H groups in total. The van der Waals surface area contributed by atoms with E-state index in [2.05, 4.69) is 5.32 Å². The van der Waals surface area contributed by atoms with Crippen LogP contribution in [0.2, 0.25) is 0 Å².